The van der Waals surface area contributed by atoms with Crippen LogP contribution in [0.1, 0.15) is 98.3 Å². The molecule has 6 nitrogen and oxygen atoms in total. The minimum absolute atomic E-state index is 0.115. The van der Waals surface area contributed by atoms with Crippen LogP contribution in [-0.4, -0.2) is 67.8 Å². The Hall–Kier alpha value is -0.240. The maximum atomic E-state index is 9.98. The number of unbranched alkanes of at least 4 members (excludes halogenated alkanes) is 5. The number of hydrogen-bond donors (Lipinski definition) is 6. The topological polar surface area (TPSA) is 121 Å². The third kappa shape index (κ3) is 13.1. The van der Waals surface area contributed by atoms with Crippen LogP contribution in [0.3, 0.4) is 0 Å². The predicted octanol–water partition coefficient (Wildman–Crippen LogP) is 2.76. The fraction of sp³-hybridized carbons (Fsp3) is 1.00. The van der Waals surface area contributed by atoms with Crippen LogP contribution in [0.25, 0.3) is 0 Å². The molecular formula is C22H48O6. The Kier molecular flexibility index (Phi) is 20.1. The van der Waals surface area contributed by atoms with Crippen molar-refractivity contribution in [3.05, 3.63) is 0 Å². The third-order valence-electron chi connectivity index (χ3n) is 5.64. The quantitative estimate of drug-likeness (QED) is 0.218. The van der Waals surface area contributed by atoms with E-state index in [1.54, 1.807) is 0 Å². The second-order valence-electron chi connectivity index (χ2n) is 7.87. The molecule has 0 rings (SSSR count). The van der Waals surface area contributed by atoms with E-state index in [-0.39, 0.29) is 19.1 Å². The molecule has 0 aromatic carbocycles. The fourth-order valence-electron chi connectivity index (χ4n) is 3.30. The van der Waals surface area contributed by atoms with Gasteiger partial charge in [-0.2, -0.15) is 0 Å². The summed E-state index contributed by atoms with van der Waals surface area (Å²) in [6.07, 6.45) is 7.81. The largest absolute Gasteiger partial charge is 0.394 e. The molecular weight excluding hydrogens is 360 g/mol. The van der Waals surface area contributed by atoms with Crippen LogP contribution in [0.15, 0.2) is 0 Å². The van der Waals surface area contributed by atoms with Crippen molar-refractivity contribution in [2.75, 3.05) is 13.2 Å². The Morgan fingerprint density at radius 2 is 1.32 bits per heavy atom. The van der Waals surface area contributed by atoms with Gasteiger partial charge in [0.05, 0.1) is 24.9 Å². The van der Waals surface area contributed by atoms with Crippen LogP contribution in [0.2, 0.25) is 0 Å². The predicted molar refractivity (Wildman–Crippen MR) is 114 cm³/mol. The summed E-state index contributed by atoms with van der Waals surface area (Å²) in [6, 6.07) is 0. The smallest absolute Gasteiger partial charge is 0.106 e. The van der Waals surface area contributed by atoms with Crippen LogP contribution < -0.4 is 0 Å². The van der Waals surface area contributed by atoms with E-state index < -0.39 is 23.9 Å². The molecule has 0 saturated heterocycles. The summed E-state index contributed by atoms with van der Waals surface area (Å²) in [6.45, 7) is 7.39. The van der Waals surface area contributed by atoms with Crippen molar-refractivity contribution in [1.82, 2.24) is 0 Å². The molecule has 172 valence electrons. The fourth-order valence-corrected chi connectivity index (χ4v) is 3.30. The zero-order chi connectivity index (χ0) is 22.0. The lowest BCUT2D eigenvalue weighted by molar-refractivity contribution is -0.102. The highest BCUT2D eigenvalue weighted by Gasteiger charge is 2.32. The number of aliphatic hydroxyl groups excluding tert-OH is 5. The number of rotatable bonds is 16. The molecule has 0 saturated carbocycles. The average molecular weight is 409 g/mol. The van der Waals surface area contributed by atoms with Crippen molar-refractivity contribution in [3.8, 4) is 0 Å². The zero-order valence-corrected chi connectivity index (χ0v) is 18.7. The lowest BCUT2D eigenvalue weighted by Gasteiger charge is -2.31. The van der Waals surface area contributed by atoms with E-state index >= 15 is 0 Å². The molecule has 0 spiro atoms. The lowest BCUT2D eigenvalue weighted by atomic mass is 9.88. The first-order valence-corrected chi connectivity index (χ1v) is 11.3. The van der Waals surface area contributed by atoms with E-state index in [4.69, 9.17) is 10.2 Å². The van der Waals surface area contributed by atoms with Gasteiger partial charge in [-0.25, -0.2) is 0 Å². The minimum Gasteiger partial charge on any atom is -0.394 e. The summed E-state index contributed by atoms with van der Waals surface area (Å²) < 4.78 is 0. The van der Waals surface area contributed by atoms with Crippen molar-refractivity contribution < 1.29 is 30.6 Å². The van der Waals surface area contributed by atoms with E-state index in [0.717, 1.165) is 51.4 Å². The SMILES string of the molecule is CCCCCC(CC)C(O)C(O)CO.CCCCCCC(O)(CC)C(O)CO. The van der Waals surface area contributed by atoms with E-state index in [1.807, 2.05) is 13.8 Å². The molecule has 0 aliphatic carbocycles. The summed E-state index contributed by atoms with van der Waals surface area (Å²) in [5.41, 5.74) is -1.09. The standard InChI is InChI=1S/2C11H24O3/c1-3-5-6-7-9(4-2)11(14)10(13)8-12;1-3-5-6-7-8-11(14,4-2)10(13)9-12/h9-14H,3-8H2,1-2H3;10,12-14H,3-9H2,1-2H3. The van der Waals surface area contributed by atoms with Gasteiger partial charge >= 0.3 is 0 Å². The zero-order valence-electron chi connectivity index (χ0n) is 18.7. The molecule has 5 unspecified atom stereocenters. The minimum atomic E-state index is -1.09. The van der Waals surface area contributed by atoms with Gasteiger partial charge in [-0.3, -0.25) is 0 Å². The van der Waals surface area contributed by atoms with Gasteiger partial charge in [-0.05, 0) is 25.2 Å². The first-order chi connectivity index (χ1) is 13.3. The lowest BCUT2D eigenvalue weighted by Crippen LogP contribution is -2.43. The van der Waals surface area contributed by atoms with Crippen molar-refractivity contribution in [3.63, 3.8) is 0 Å². The molecule has 0 radical (unpaired) electrons. The Labute approximate surface area is 172 Å². The van der Waals surface area contributed by atoms with Crippen LogP contribution in [0.4, 0.5) is 0 Å². The molecule has 0 aliphatic rings. The molecule has 0 aromatic heterocycles. The molecule has 0 amide bonds. The van der Waals surface area contributed by atoms with Gasteiger partial charge in [0.2, 0.25) is 0 Å². The van der Waals surface area contributed by atoms with E-state index in [2.05, 4.69) is 13.8 Å². The monoisotopic (exact) mass is 408 g/mol. The molecule has 28 heavy (non-hydrogen) atoms. The van der Waals surface area contributed by atoms with Crippen LogP contribution >= 0.6 is 0 Å². The maximum absolute atomic E-state index is 9.98. The van der Waals surface area contributed by atoms with Gasteiger partial charge < -0.3 is 30.6 Å². The van der Waals surface area contributed by atoms with Crippen LogP contribution in [-0.2, 0) is 0 Å². The van der Waals surface area contributed by atoms with Gasteiger partial charge in [0.1, 0.15) is 12.2 Å². The summed E-state index contributed by atoms with van der Waals surface area (Å²) in [5.74, 6) is 0.115. The van der Waals surface area contributed by atoms with Crippen LogP contribution in [0, 0.1) is 5.92 Å². The van der Waals surface area contributed by atoms with Gasteiger partial charge in [0.25, 0.3) is 0 Å². The van der Waals surface area contributed by atoms with Crippen molar-refractivity contribution in [2.24, 2.45) is 5.92 Å². The molecule has 0 aromatic rings. The normalized spacial score (nSPS) is 17.8. The number of hydrogen-bond acceptors (Lipinski definition) is 6. The van der Waals surface area contributed by atoms with Crippen molar-refractivity contribution in [2.45, 2.75) is 122 Å². The Morgan fingerprint density at radius 3 is 1.75 bits per heavy atom. The van der Waals surface area contributed by atoms with Gasteiger partial charge in [-0.15, -0.1) is 0 Å². The average Bonchev–Trinajstić information content (AvgIpc) is 2.72. The molecule has 0 heterocycles. The van der Waals surface area contributed by atoms with E-state index in [1.165, 1.54) is 6.42 Å². The molecule has 5 atom stereocenters. The molecule has 6 heteroatoms. The highest BCUT2D eigenvalue weighted by Crippen LogP contribution is 2.23. The highest BCUT2D eigenvalue weighted by molar-refractivity contribution is 4.84. The Morgan fingerprint density at radius 1 is 0.750 bits per heavy atom. The second-order valence-corrected chi connectivity index (χ2v) is 7.87. The van der Waals surface area contributed by atoms with Crippen LogP contribution in [0.5, 0.6) is 0 Å². The molecule has 0 fully saturated rings. The second kappa shape index (κ2) is 18.8. The van der Waals surface area contributed by atoms with Crippen molar-refractivity contribution >= 4 is 0 Å². The first-order valence-electron chi connectivity index (χ1n) is 11.3. The summed E-state index contributed by atoms with van der Waals surface area (Å²) >= 11 is 0. The molecule has 6 N–H and O–H groups in total. The van der Waals surface area contributed by atoms with Gasteiger partial charge in [0.15, 0.2) is 0 Å². The molecule has 0 aliphatic heterocycles. The van der Waals surface area contributed by atoms with Gasteiger partial charge in [0, 0.05) is 0 Å². The Balaban J connectivity index is 0. The van der Waals surface area contributed by atoms with Crippen molar-refractivity contribution in [1.29, 1.82) is 0 Å². The first kappa shape index (κ1) is 30.0. The Bertz CT molecular complexity index is 328. The third-order valence-corrected chi connectivity index (χ3v) is 5.64. The maximum Gasteiger partial charge on any atom is 0.106 e. The van der Waals surface area contributed by atoms with E-state index in [9.17, 15) is 20.4 Å². The summed E-state index contributed by atoms with van der Waals surface area (Å²) in [5, 5.41) is 55.9. The highest BCUT2D eigenvalue weighted by atomic mass is 16.4. The van der Waals surface area contributed by atoms with Gasteiger partial charge in [-0.1, -0.05) is 79.1 Å². The van der Waals surface area contributed by atoms with E-state index in [0.29, 0.717) is 12.8 Å². The number of aliphatic hydroxyl groups is 6. The summed E-state index contributed by atoms with van der Waals surface area (Å²) in [7, 11) is 0. The summed E-state index contributed by atoms with van der Waals surface area (Å²) in [4.78, 5) is 0. The molecule has 0 bridgehead atoms.